The highest BCUT2D eigenvalue weighted by molar-refractivity contribution is 6.32. The Balaban J connectivity index is 1.89. The second-order valence-electron chi connectivity index (χ2n) is 5.32. The van der Waals surface area contributed by atoms with Gasteiger partial charge >= 0.3 is 0 Å². The lowest BCUT2D eigenvalue weighted by atomic mass is 10.1. The van der Waals surface area contributed by atoms with Gasteiger partial charge in [-0.25, -0.2) is 4.39 Å². The number of fused-ring (bicyclic) bond motifs is 1. The van der Waals surface area contributed by atoms with Gasteiger partial charge in [-0.1, -0.05) is 48.0 Å². The molecule has 1 N–H and O–H groups in total. The summed E-state index contributed by atoms with van der Waals surface area (Å²) in [4.78, 5) is 12.3. The SMILES string of the molecule is N#C/C(=C\c1c(F)cccc1Cl)C(=O)Nc1ccc2ccccc2c1. The fraction of sp³-hybridized carbons (Fsp3) is 0. The lowest BCUT2D eigenvalue weighted by Gasteiger charge is -2.07. The first kappa shape index (κ1) is 16.7. The Morgan fingerprint density at radius 1 is 1.08 bits per heavy atom. The van der Waals surface area contributed by atoms with E-state index in [1.807, 2.05) is 30.3 Å². The van der Waals surface area contributed by atoms with Crippen molar-refractivity contribution in [2.24, 2.45) is 0 Å². The van der Waals surface area contributed by atoms with Crippen LogP contribution >= 0.6 is 11.6 Å². The Kier molecular flexibility index (Phi) is 4.78. The number of carbonyl (C=O) groups is 1. The predicted octanol–water partition coefficient (Wildman–Crippen LogP) is 5.18. The van der Waals surface area contributed by atoms with Gasteiger partial charge in [-0.2, -0.15) is 5.26 Å². The summed E-state index contributed by atoms with van der Waals surface area (Å²) in [6, 6.07) is 19.1. The number of nitriles is 1. The third-order valence-corrected chi connectivity index (χ3v) is 3.99. The molecule has 5 heteroatoms. The van der Waals surface area contributed by atoms with Crippen LogP contribution in [0.15, 0.2) is 66.2 Å². The number of amides is 1. The number of rotatable bonds is 3. The van der Waals surface area contributed by atoms with Gasteiger partial charge < -0.3 is 5.32 Å². The highest BCUT2D eigenvalue weighted by Gasteiger charge is 2.13. The average molecular weight is 351 g/mol. The third kappa shape index (κ3) is 3.68. The number of hydrogen-bond acceptors (Lipinski definition) is 2. The Morgan fingerprint density at radius 3 is 2.56 bits per heavy atom. The molecule has 0 saturated heterocycles. The fourth-order valence-corrected chi connectivity index (χ4v) is 2.62. The van der Waals surface area contributed by atoms with Gasteiger partial charge in [-0.3, -0.25) is 4.79 Å². The zero-order chi connectivity index (χ0) is 17.8. The van der Waals surface area contributed by atoms with Crippen molar-refractivity contribution in [3.63, 3.8) is 0 Å². The van der Waals surface area contributed by atoms with E-state index in [0.717, 1.165) is 16.8 Å². The predicted molar refractivity (Wildman–Crippen MR) is 97.6 cm³/mol. The Labute approximate surface area is 149 Å². The van der Waals surface area contributed by atoms with Crippen molar-refractivity contribution in [1.82, 2.24) is 0 Å². The maximum absolute atomic E-state index is 13.8. The molecule has 3 aromatic carbocycles. The molecule has 0 aliphatic heterocycles. The molecule has 0 bridgehead atoms. The first-order valence-corrected chi connectivity index (χ1v) is 7.82. The van der Waals surface area contributed by atoms with Crippen molar-refractivity contribution in [2.45, 2.75) is 0 Å². The lowest BCUT2D eigenvalue weighted by molar-refractivity contribution is -0.112. The van der Waals surface area contributed by atoms with Gasteiger partial charge in [0.25, 0.3) is 5.91 Å². The summed E-state index contributed by atoms with van der Waals surface area (Å²) in [5.74, 6) is -1.23. The van der Waals surface area contributed by atoms with Crippen LogP contribution in [0.2, 0.25) is 5.02 Å². The molecule has 0 saturated carbocycles. The van der Waals surface area contributed by atoms with Crippen LogP contribution in [0.3, 0.4) is 0 Å². The maximum atomic E-state index is 13.8. The first-order chi connectivity index (χ1) is 12.1. The van der Waals surface area contributed by atoms with E-state index in [4.69, 9.17) is 11.6 Å². The highest BCUT2D eigenvalue weighted by Crippen LogP contribution is 2.23. The van der Waals surface area contributed by atoms with Gasteiger partial charge in [0, 0.05) is 11.3 Å². The van der Waals surface area contributed by atoms with Crippen molar-refractivity contribution in [3.05, 3.63) is 82.6 Å². The highest BCUT2D eigenvalue weighted by atomic mass is 35.5. The Bertz CT molecular complexity index is 1020. The van der Waals surface area contributed by atoms with E-state index in [1.54, 1.807) is 18.2 Å². The summed E-state index contributed by atoms with van der Waals surface area (Å²) < 4.78 is 13.8. The zero-order valence-corrected chi connectivity index (χ0v) is 13.7. The summed E-state index contributed by atoms with van der Waals surface area (Å²) in [6.07, 6.45) is 1.15. The summed E-state index contributed by atoms with van der Waals surface area (Å²) in [5.41, 5.74) is 0.319. The largest absolute Gasteiger partial charge is 0.321 e. The Morgan fingerprint density at radius 2 is 1.84 bits per heavy atom. The zero-order valence-electron chi connectivity index (χ0n) is 13.0. The van der Waals surface area contributed by atoms with Crippen LogP contribution in [0.1, 0.15) is 5.56 Å². The van der Waals surface area contributed by atoms with E-state index < -0.39 is 11.7 Å². The van der Waals surface area contributed by atoms with E-state index in [9.17, 15) is 14.4 Å². The monoisotopic (exact) mass is 350 g/mol. The number of benzene rings is 3. The molecule has 3 rings (SSSR count). The number of anilines is 1. The molecule has 3 aromatic rings. The van der Waals surface area contributed by atoms with Crippen molar-refractivity contribution in [1.29, 1.82) is 5.26 Å². The minimum absolute atomic E-state index is 0.00868. The summed E-state index contributed by atoms with van der Waals surface area (Å²) >= 11 is 5.94. The standard InChI is InChI=1S/C20H12ClFN2O/c21-18-6-3-7-19(22)17(18)11-15(12-23)20(25)24-16-9-8-13-4-1-2-5-14(13)10-16/h1-11H,(H,24,25)/b15-11+. The van der Waals surface area contributed by atoms with Crippen LogP contribution in [0.5, 0.6) is 0 Å². The third-order valence-electron chi connectivity index (χ3n) is 3.66. The molecule has 1 amide bonds. The van der Waals surface area contributed by atoms with Crippen LogP contribution in [0.4, 0.5) is 10.1 Å². The molecule has 0 radical (unpaired) electrons. The quantitative estimate of drug-likeness (QED) is 0.522. The smallest absolute Gasteiger partial charge is 0.266 e. The molecule has 0 aliphatic rings. The van der Waals surface area contributed by atoms with Gasteiger partial charge in [0.2, 0.25) is 0 Å². The van der Waals surface area contributed by atoms with Crippen LogP contribution in [0, 0.1) is 17.1 Å². The molecule has 0 atom stereocenters. The van der Waals surface area contributed by atoms with Gasteiger partial charge in [0.1, 0.15) is 17.5 Å². The van der Waals surface area contributed by atoms with E-state index in [2.05, 4.69) is 5.32 Å². The number of nitrogens with zero attached hydrogens (tertiary/aromatic N) is 1. The van der Waals surface area contributed by atoms with E-state index in [-0.39, 0.29) is 16.2 Å². The second kappa shape index (κ2) is 7.16. The normalized spacial score (nSPS) is 11.2. The molecule has 122 valence electrons. The fourth-order valence-electron chi connectivity index (χ4n) is 2.41. The van der Waals surface area contributed by atoms with Crippen molar-refractivity contribution >= 4 is 40.0 Å². The maximum Gasteiger partial charge on any atom is 0.266 e. The molecule has 0 fully saturated rings. The lowest BCUT2D eigenvalue weighted by Crippen LogP contribution is -2.13. The van der Waals surface area contributed by atoms with E-state index >= 15 is 0 Å². The number of hydrogen-bond donors (Lipinski definition) is 1. The van der Waals surface area contributed by atoms with Crippen LogP contribution in [-0.4, -0.2) is 5.91 Å². The van der Waals surface area contributed by atoms with Crippen molar-refractivity contribution in [3.8, 4) is 6.07 Å². The summed E-state index contributed by atoms with van der Waals surface area (Å²) in [6.45, 7) is 0. The van der Waals surface area contributed by atoms with Crippen molar-refractivity contribution < 1.29 is 9.18 Å². The molecule has 0 spiro atoms. The van der Waals surface area contributed by atoms with Gasteiger partial charge in [-0.05, 0) is 41.1 Å². The van der Waals surface area contributed by atoms with Gasteiger partial charge in [-0.15, -0.1) is 0 Å². The number of nitrogens with one attached hydrogen (secondary N) is 1. The number of carbonyl (C=O) groups excluding carboxylic acids is 1. The minimum Gasteiger partial charge on any atom is -0.321 e. The summed E-state index contributed by atoms with van der Waals surface area (Å²) in [5, 5.41) is 14.0. The molecule has 0 unspecified atom stereocenters. The molecular formula is C20H12ClFN2O. The van der Waals surface area contributed by atoms with Gasteiger partial charge in [0.05, 0.1) is 5.02 Å². The molecule has 0 aliphatic carbocycles. The van der Waals surface area contributed by atoms with Crippen molar-refractivity contribution in [2.75, 3.05) is 5.32 Å². The van der Waals surface area contributed by atoms with E-state index in [1.165, 1.54) is 18.2 Å². The van der Waals surface area contributed by atoms with Crippen LogP contribution in [0.25, 0.3) is 16.8 Å². The number of halogens is 2. The molecule has 0 aromatic heterocycles. The van der Waals surface area contributed by atoms with E-state index in [0.29, 0.717) is 5.69 Å². The van der Waals surface area contributed by atoms with Gasteiger partial charge in [0.15, 0.2) is 0 Å². The molecule has 3 nitrogen and oxygen atoms in total. The average Bonchev–Trinajstić information content (AvgIpc) is 2.61. The first-order valence-electron chi connectivity index (χ1n) is 7.44. The molecule has 25 heavy (non-hydrogen) atoms. The summed E-state index contributed by atoms with van der Waals surface area (Å²) in [7, 11) is 0. The molecular weight excluding hydrogens is 339 g/mol. The Hall–Kier alpha value is -3.16. The molecule has 0 heterocycles. The topological polar surface area (TPSA) is 52.9 Å². The minimum atomic E-state index is -0.628. The van der Waals surface area contributed by atoms with Crippen LogP contribution < -0.4 is 5.32 Å². The second-order valence-corrected chi connectivity index (χ2v) is 5.73. The van der Waals surface area contributed by atoms with Crippen LogP contribution in [-0.2, 0) is 4.79 Å².